The van der Waals surface area contributed by atoms with Gasteiger partial charge in [-0.05, 0) is 31.4 Å². The van der Waals surface area contributed by atoms with E-state index in [2.05, 4.69) is 14.9 Å². The number of aromatic nitrogens is 2. The Labute approximate surface area is 143 Å². The maximum absolute atomic E-state index is 12.8. The van der Waals surface area contributed by atoms with E-state index in [4.69, 9.17) is 5.73 Å². The molecule has 132 valence electrons. The molecule has 1 aromatic heterocycles. The highest BCUT2D eigenvalue weighted by Crippen LogP contribution is 2.32. The van der Waals surface area contributed by atoms with Crippen LogP contribution in [-0.2, 0) is 4.79 Å². The Kier molecular flexibility index (Phi) is 5.18. The first-order valence-electron chi connectivity index (χ1n) is 8.84. The molecule has 7 heteroatoms. The van der Waals surface area contributed by atoms with Crippen molar-refractivity contribution in [1.29, 1.82) is 0 Å². The van der Waals surface area contributed by atoms with Crippen LogP contribution in [0, 0.1) is 11.8 Å². The maximum atomic E-state index is 12.8. The van der Waals surface area contributed by atoms with E-state index < -0.39 is 0 Å². The molecule has 1 aliphatic heterocycles. The van der Waals surface area contributed by atoms with Gasteiger partial charge >= 0.3 is 0 Å². The first-order valence-corrected chi connectivity index (χ1v) is 8.84. The van der Waals surface area contributed by atoms with Crippen LogP contribution < -0.4 is 15.5 Å². The molecule has 0 aromatic carbocycles. The minimum absolute atomic E-state index is 0.140. The first kappa shape index (κ1) is 17.0. The van der Waals surface area contributed by atoms with Crippen molar-refractivity contribution in [2.75, 3.05) is 56.6 Å². The summed E-state index contributed by atoms with van der Waals surface area (Å²) < 4.78 is 0. The minimum atomic E-state index is 0.140. The Morgan fingerprint density at radius 1 is 1.29 bits per heavy atom. The van der Waals surface area contributed by atoms with Crippen molar-refractivity contribution in [3.05, 3.63) is 12.3 Å². The first-order chi connectivity index (χ1) is 11.6. The smallest absolute Gasteiger partial charge is 0.226 e. The summed E-state index contributed by atoms with van der Waals surface area (Å²) in [5.74, 6) is 2.46. The molecule has 0 unspecified atom stereocenters. The fourth-order valence-electron chi connectivity index (χ4n) is 3.77. The molecule has 1 saturated heterocycles. The summed E-state index contributed by atoms with van der Waals surface area (Å²) in [5.41, 5.74) is 5.83. The molecule has 1 aromatic rings. The van der Waals surface area contributed by atoms with Gasteiger partial charge in [0.05, 0.1) is 0 Å². The van der Waals surface area contributed by atoms with Gasteiger partial charge < -0.3 is 20.4 Å². The topological polar surface area (TPSA) is 78.6 Å². The zero-order valence-electron chi connectivity index (χ0n) is 14.7. The number of carbonyl (C=O) groups is 1. The average molecular weight is 332 g/mol. The average Bonchev–Trinajstić information content (AvgIpc) is 3.10. The van der Waals surface area contributed by atoms with Crippen molar-refractivity contribution in [2.24, 2.45) is 17.6 Å². The largest absolute Gasteiger partial charge is 0.353 e. The lowest BCUT2D eigenvalue weighted by Gasteiger charge is -2.37. The number of anilines is 2. The Balaban J connectivity index is 1.59. The van der Waals surface area contributed by atoms with Gasteiger partial charge in [0.1, 0.15) is 5.82 Å². The second-order valence-electron chi connectivity index (χ2n) is 6.95. The molecular weight excluding hydrogens is 304 g/mol. The lowest BCUT2D eigenvalue weighted by molar-refractivity contribution is -0.136. The molecular formula is C17H28N6O. The predicted molar refractivity (Wildman–Crippen MR) is 95.0 cm³/mol. The highest BCUT2D eigenvalue weighted by atomic mass is 16.2. The Bertz CT molecular complexity index is 570. The van der Waals surface area contributed by atoms with Gasteiger partial charge in [-0.2, -0.15) is 4.98 Å². The van der Waals surface area contributed by atoms with Gasteiger partial charge in [0.25, 0.3) is 0 Å². The fraction of sp³-hybridized carbons (Fsp3) is 0.706. The molecule has 2 N–H and O–H groups in total. The number of piperazine rings is 1. The van der Waals surface area contributed by atoms with E-state index in [0.717, 1.165) is 51.3 Å². The molecule has 3 rings (SSSR count). The van der Waals surface area contributed by atoms with Gasteiger partial charge in [-0.3, -0.25) is 4.79 Å². The monoisotopic (exact) mass is 332 g/mol. The van der Waals surface area contributed by atoms with Crippen LogP contribution in [0.4, 0.5) is 11.8 Å². The van der Waals surface area contributed by atoms with Crippen molar-refractivity contribution in [1.82, 2.24) is 14.9 Å². The van der Waals surface area contributed by atoms with E-state index in [0.29, 0.717) is 24.3 Å². The molecule has 24 heavy (non-hydrogen) atoms. The quantitative estimate of drug-likeness (QED) is 0.868. The van der Waals surface area contributed by atoms with Crippen LogP contribution in [0.5, 0.6) is 0 Å². The van der Waals surface area contributed by atoms with Crippen LogP contribution in [0.25, 0.3) is 0 Å². The number of hydrogen-bond acceptors (Lipinski definition) is 6. The molecule has 1 amide bonds. The number of amides is 1. The molecule has 0 spiro atoms. The summed E-state index contributed by atoms with van der Waals surface area (Å²) >= 11 is 0. The van der Waals surface area contributed by atoms with Crippen LogP contribution in [0.3, 0.4) is 0 Å². The number of hydrogen-bond donors (Lipinski definition) is 1. The molecule has 2 heterocycles. The number of rotatable bonds is 4. The second kappa shape index (κ2) is 7.34. The zero-order chi connectivity index (χ0) is 17.1. The van der Waals surface area contributed by atoms with Crippen LogP contribution in [0.2, 0.25) is 0 Å². The Hall–Kier alpha value is -1.89. The van der Waals surface area contributed by atoms with E-state index in [1.54, 1.807) is 6.20 Å². The Morgan fingerprint density at radius 2 is 2.04 bits per heavy atom. The van der Waals surface area contributed by atoms with E-state index in [1.165, 1.54) is 0 Å². The molecule has 0 radical (unpaired) electrons. The molecule has 7 nitrogen and oxygen atoms in total. The van der Waals surface area contributed by atoms with Gasteiger partial charge in [0, 0.05) is 52.4 Å². The normalized spacial score (nSPS) is 24.3. The highest BCUT2D eigenvalue weighted by molar-refractivity contribution is 5.79. The molecule has 2 fully saturated rings. The fourth-order valence-corrected chi connectivity index (χ4v) is 3.77. The van der Waals surface area contributed by atoms with Gasteiger partial charge in [-0.25, -0.2) is 4.98 Å². The van der Waals surface area contributed by atoms with Crippen LogP contribution >= 0.6 is 0 Å². The van der Waals surface area contributed by atoms with Crippen molar-refractivity contribution in [2.45, 2.75) is 19.3 Å². The maximum Gasteiger partial charge on any atom is 0.226 e. The van der Waals surface area contributed by atoms with Gasteiger partial charge in [-0.15, -0.1) is 0 Å². The zero-order valence-corrected chi connectivity index (χ0v) is 14.7. The third-order valence-electron chi connectivity index (χ3n) is 5.22. The predicted octanol–water partition coefficient (Wildman–Crippen LogP) is 0.566. The highest BCUT2D eigenvalue weighted by Gasteiger charge is 2.35. The second-order valence-corrected chi connectivity index (χ2v) is 6.95. The summed E-state index contributed by atoms with van der Waals surface area (Å²) in [4.78, 5) is 27.8. The van der Waals surface area contributed by atoms with E-state index in [9.17, 15) is 4.79 Å². The van der Waals surface area contributed by atoms with Crippen LogP contribution in [-0.4, -0.2) is 67.6 Å². The summed E-state index contributed by atoms with van der Waals surface area (Å²) in [7, 11) is 3.87. The van der Waals surface area contributed by atoms with E-state index >= 15 is 0 Å². The molecule has 2 aliphatic rings. The van der Waals surface area contributed by atoms with E-state index in [1.807, 2.05) is 30.0 Å². The van der Waals surface area contributed by atoms with Crippen molar-refractivity contribution < 1.29 is 4.79 Å². The lowest BCUT2D eigenvalue weighted by atomic mass is 9.94. The van der Waals surface area contributed by atoms with Crippen molar-refractivity contribution in [3.63, 3.8) is 0 Å². The van der Waals surface area contributed by atoms with Gasteiger partial charge in [0.2, 0.25) is 11.9 Å². The van der Waals surface area contributed by atoms with Crippen LogP contribution in [0.1, 0.15) is 19.3 Å². The van der Waals surface area contributed by atoms with Gasteiger partial charge in [0.15, 0.2) is 0 Å². The van der Waals surface area contributed by atoms with Crippen LogP contribution in [0.15, 0.2) is 12.3 Å². The van der Waals surface area contributed by atoms with Gasteiger partial charge in [-0.1, -0.05) is 6.42 Å². The van der Waals surface area contributed by atoms with Crippen molar-refractivity contribution >= 4 is 17.7 Å². The Morgan fingerprint density at radius 3 is 2.71 bits per heavy atom. The molecule has 2 atom stereocenters. The standard InChI is InChI=1S/C17H28N6O/c1-21(2)17-19-7-6-15(20-17)22-8-10-23(11-9-22)16(24)14-5-3-4-13(14)12-18/h6-7,13-14H,3-5,8-12,18H2,1-2H3/t13-,14-/m1/s1. The summed E-state index contributed by atoms with van der Waals surface area (Å²) in [6, 6.07) is 1.94. The molecule has 1 aliphatic carbocycles. The third kappa shape index (κ3) is 3.45. The molecule has 0 bridgehead atoms. The minimum Gasteiger partial charge on any atom is -0.353 e. The number of nitrogens with two attached hydrogens (primary N) is 1. The third-order valence-corrected chi connectivity index (χ3v) is 5.22. The number of nitrogens with zero attached hydrogens (tertiary/aromatic N) is 5. The summed E-state index contributed by atoms with van der Waals surface area (Å²) in [6.45, 7) is 3.78. The summed E-state index contributed by atoms with van der Waals surface area (Å²) in [5, 5.41) is 0. The lowest BCUT2D eigenvalue weighted by Crippen LogP contribution is -2.51. The molecule has 1 saturated carbocycles. The summed E-state index contributed by atoms with van der Waals surface area (Å²) in [6.07, 6.45) is 5.02. The van der Waals surface area contributed by atoms with E-state index in [-0.39, 0.29) is 5.92 Å². The number of carbonyl (C=O) groups excluding carboxylic acids is 1. The van der Waals surface area contributed by atoms with Crippen molar-refractivity contribution in [3.8, 4) is 0 Å². The SMILES string of the molecule is CN(C)c1nccc(N2CCN(C(=O)[C@@H]3CCC[C@@H]3CN)CC2)n1.